The highest BCUT2D eigenvalue weighted by Crippen LogP contribution is 2.30. The van der Waals surface area contributed by atoms with E-state index in [9.17, 15) is 0 Å². The molecule has 6 heteroatoms. The molecular formula is C26H27N3O3. The lowest BCUT2D eigenvalue weighted by Gasteiger charge is -2.13. The Morgan fingerprint density at radius 1 is 0.844 bits per heavy atom. The largest absolute Gasteiger partial charge is 0.497 e. The van der Waals surface area contributed by atoms with E-state index in [2.05, 4.69) is 10.3 Å². The second-order valence-electron chi connectivity index (χ2n) is 7.37. The van der Waals surface area contributed by atoms with Crippen LogP contribution in [0.3, 0.4) is 0 Å². The van der Waals surface area contributed by atoms with Crippen molar-refractivity contribution < 1.29 is 14.2 Å². The molecule has 0 fully saturated rings. The van der Waals surface area contributed by atoms with Crippen molar-refractivity contribution in [2.45, 2.75) is 13.2 Å². The molecule has 6 nitrogen and oxygen atoms in total. The van der Waals surface area contributed by atoms with Gasteiger partial charge in [0, 0.05) is 19.2 Å². The van der Waals surface area contributed by atoms with Gasteiger partial charge in [0.2, 0.25) is 5.95 Å². The number of nitrogens with zero attached hydrogens (tertiary/aromatic N) is 2. The van der Waals surface area contributed by atoms with Crippen LogP contribution in [0.2, 0.25) is 0 Å². The normalized spacial score (nSPS) is 10.6. The number of hydrogen-bond donors (Lipinski definition) is 1. The molecule has 0 aliphatic carbocycles. The fraction of sp³-hybridized carbons (Fsp3) is 0.192. The molecule has 32 heavy (non-hydrogen) atoms. The molecule has 0 saturated heterocycles. The third kappa shape index (κ3) is 4.86. The van der Waals surface area contributed by atoms with Crippen LogP contribution in [0.4, 0.5) is 5.95 Å². The number of aromatic nitrogens is 2. The van der Waals surface area contributed by atoms with Gasteiger partial charge >= 0.3 is 0 Å². The fourth-order valence-corrected chi connectivity index (χ4v) is 3.48. The molecule has 0 radical (unpaired) electrons. The molecule has 1 N–H and O–H groups in total. The van der Waals surface area contributed by atoms with Crippen LogP contribution in [0.5, 0.6) is 17.2 Å². The monoisotopic (exact) mass is 429 g/mol. The minimum absolute atomic E-state index is 0.495. The summed E-state index contributed by atoms with van der Waals surface area (Å²) in [7, 11) is 5.31. The Kier molecular flexibility index (Phi) is 6.60. The standard InChI is InChI=1S/C26H27N3O3/c1-29-23(21-10-7-11-22(15-21)30-2)17-28-26(29)27-16-20-12-13-24(25(14-20)31-3)32-18-19-8-5-4-6-9-19/h4-15,17H,16,18H2,1-3H3,(H,27,28). The molecule has 4 rings (SSSR count). The lowest BCUT2D eigenvalue weighted by Crippen LogP contribution is -2.06. The first-order valence-electron chi connectivity index (χ1n) is 10.4. The van der Waals surface area contributed by atoms with Gasteiger partial charge < -0.3 is 24.1 Å². The van der Waals surface area contributed by atoms with Crippen LogP contribution in [0, 0.1) is 0 Å². The fourth-order valence-electron chi connectivity index (χ4n) is 3.48. The van der Waals surface area contributed by atoms with Crippen molar-refractivity contribution >= 4 is 5.95 Å². The smallest absolute Gasteiger partial charge is 0.203 e. The van der Waals surface area contributed by atoms with Gasteiger partial charge in [-0.05, 0) is 35.4 Å². The van der Waals surface area contributed by atoms with Gasteiger partial charge in [-0.15, -0.1) is 0 Å². The first-order chi connectivity index (χ1) is 15.7. The highest BCUT2D eigenvalue weighted by Gasteiger charge is 2.11. The summed E-state index contributed by atoms with van der Waals surface area (Å²) in [5, 5.41) is 3.40. The molecule has 0 saturated carbocycles. The van der Waals surface area contributed by atoms with Crippen molar-refractivity contribution in [2.75, 3.05) is 19.5 Å². The van der Waals surface area contributed by atoms with Crippen molar-refractivity contribution in [3.8, 4) is 28.5 Å². The molecule has 0 aliphatic rings. The van der Waals surface area contributed by atoms with E-state index >= 15 is 0 Å². The maximum atomic E-state index is 5.95. The number of nitrogens with one attached hydrogen (secondary N) is 1. The topological polar surface area (TPSA) is 57.5 Å². The number of hydrogen-bond acceptors (Lipinski definition) is 5. The van der Waals surface area contributed by atoms with Crippen molar-refractivity contribution in [1.29, 1.82) is 0 Å². The molecule has 164 valence electrons. The van der Waals surface area contributed by atoms with Crippen molar-refractivity contribution in [1.82, 2.24) is 9.55 Å². The second-order valence-corrected chi connectivity index (χ2v) is 7.37. The van der Waals surface area contributed by atoms with E-state index < -0.39 is 0 Å². The molecule has 1 heterocycles. The van der Waals surface area contributed by atoms with Gasteiger partial charge in [-0.2, -0.15) is 0 Å². The number of imidazole rings is 1. The highest BCUT2D eigenvalue weighted by atomic mass is 16.5. The van der Waals surface area contributed by atoms with Crippen LogP contribution in [0.25, 0.3) is 11.3 Å². The molecule has 4 aromatic rings. The third-order valence-corrected chi connectivity index (χ3v) is 5.27. The Morgan fingerprint density at radius 2 is 1.69 bits per heavy atom. The van der Waals surface area contributed by atoms with Crippen LogP contribution in [-0.4, -0.2) is 23.8 Å². The highest BCUT2D eigenvalue weighted by molar-refractivity contribution is 5.63. The minimum atomic E-state index is 0.495. The van der Waals surface area contributed by atoms with E-state index in [1.54, 1.807) is 14.2 Å². The zero-order valence-corrected chi connectivity index (χ0v) is 18.5. The molecule has 0 aliphatic heterocycles. The molecule has 3 aromatic carbocycles. The summed E-state index contributed by atoms with van der Waals surface area (Å²) in [6.45, 7) is 1.10. The Bertz CT molecular complexity index is 1170. The van der Waals surface area contributed by atoms with Gasteiger partial charge in [0.25, 0.3) is 0 Å². The maximum absolute atomic E-state index is 5.95. The molecule has 0 spiro atoms. The molecule has 0 bridgehead atoms. The van der Waals surface area contributed by atoms with E-state index in [0.717, 1.165) is 39.8 Å². The van der Waals surface area contributed by atoms with E-state index in [0.29, 0.717) is 18.9 Å². The SMILES string of the molecule is COc1cccc(-c2cnc(NCc3ccc(OCc4ccccc4)c(OC)c3)n2C)c1. The number of rotatable bonds is 9. The summed E-state index contributed by atoms with van der Waals surface area (Å²) < 4.78 is 18.9. The average molecular weight is 430 g/mol. The van der Waals surface area contributed by atoms with E-state index in [1.165, 1.54) is 0 Å². The van der Waals surface area contributed by atoms with Crippen LogP contribution in [0.1, 0.15) is 11.1 Å². The minimum Gasteiger partial charge on any atom is -0.497 e. The number of methoxy groups -OCH3 is 2. The summed E-state index contributed by atoms with van der Waals surface area (Å²) in [4.78, 5) is 4.54. The number of benzene rings is 3. The Balaban J connectivity index is 1.43. The van der Waals surface area contributed by atoms with Crippen LogP contribution < -0.4 is 19.5 Å². The van der Waals surface area contributed by atoms with Gasteiger partial charge in [-0.25, -0.2) is 4.98 Å². The Hall–Kier alpha value is -3.93. The summed E-state index contributed by atoms with van der Waals surface area (Å²) in [5.74, 6) is 3.03. The van der Waals surface area contributed by atoms with Gasteiger partial charge in [-0.3, -0.25) is 0 Å². The predicted molar refractivity (Wildman–Crippen MR) is 126 cm³/mol. The zero-order valence-electron chi connectivity index (χ0n) is 18.5. The van der Waals surface area contributed by atoms with Gasteiger partial charge in [0.15, 0.2) is 11.5 Å². The first-order valence-corrected chi connectivity index (χ1v) is 10.4. The molecule has 1 aromatic heterocycles. The summed E-state index contributed by atoms with van der Waals surface area (Å²) in [6.07, 6.45) is 1.86. The van der Waals surface area contributed by atoms with Crippen molar-refractivity contribution in [2.24, 2.45) is 7.05 Å². The molecular weight excluding hydrogens is 402 g/mol. The summed E-state index contributed by atoms with van der Waals surface area (Å²) in [5.41, 5.74) is 4.24. The zero-order chi connectivity index (χ0) is 22.3. The van der Waals surface area contributed by atoms with E-state index in [-0.39, 0.29) is 0 Å². The Morgan fingerprint density at radius 3 is 2.47 bits per heavy atom. The van der Waals surface area contributed by atoms with Crippen LogP contribution in [0.15, 0.2) is 79.0 Å². The molecule has 0 amide bonds. The van der Waals surface area contributed by atoms with Crippen molar-refractivity contribution in [3.63, 3.8) is 0 Å². The lowest BCUT2D eigenvalue weighted by atomic mass is 10.1. The van der Waals surface area contributed by atoms with E-state index in [4.69, 9.17) is 14.2 Å². The maximum Gasteiger partial charge on any atom is 0.203 e. The lowest BCUT2D eigenvalue weighted by molar-refractivity contribution is 0.284. The third-order valence-electron chi connectivity index (χ3n) is 5.27. The number of anilines is 1. The Labute approximate surface area is 188 Å². The van der Waals surface area contributed by atoms with Gasteiger partial charge in [-0.1, -0.05) is 48.5 Å². The van der Waals surface area contributed by atoms with Gasteiger partial charge in [0.1, 0.15) is 12.4 Å². The number of ether oxygens (including phenoxy) is 3. The van der Waals surface area contributed by atoms with Crippen LogP contribution >= 0.6 is 0 Å². The average Bonchev–Trinajstić information content (AvgIpc) is 3.22. The molecule has 0 unspecified atom stereocenters. The predicted octanol–water partition coefficient (Wildman–Crippen LogP) is 5.30. The first kappa shape index (κ1) is 21.3. The summed E-state index contributed by atoms with van der Waals surface area (Å²) >= 11 is 0. The summed E-state index contributed by atoms with van der Waals surface area (Å²) in [6, 6.07) is 24.0. The molecule has 0 atom stereocenters. The van der Waals surface area contributed by atoms with Crippen molar-refractivity contribution in [3.05, 3.63) is 90.1 Å². The quantitative estimate of drug-likeness (QED) is 0.391. The second kappa shape index (κ2) is 9.92. The van der Waals surface area contributed by atoms with E-state index in [1.807, 2.05) is 90.6 Å². The van der Waals surface area contributed by atoms with Gasteiger partial charge in [0.05, 0.1) is 26.1 Å². The van der Waals surface area contributed by atoms with Crippen LogP contribution in [-0.2, 0) is 20.2 Å².